The van der Waals surface area contributed by atoms with Gasteiger partial charge >= 0.3 is 0 Å². The van der Waals surface area contributed by atoms with Crippen LogP contribution in [0.25, 0.3) is 0 Å². The molecule has 0 saturated carbocycles. The summed E-state index contributed by atoms with van der Waals surface area (Å²) in [5.41, 5.74) is 7.41. The maximum absolute atomic E-state index is 9.17. The van der Waals surface area contributed by atoms with Gasteiger partial charge in [-0.2, -0.15) is 5.26 Å². The highest BCUT2D eigenvalue weighted by molar-refractivity contribution is 7.16. The Morgan fingerprint density at radius 2 is 2.11 bits per heavy atom. The zero-order chi connectivity index (χ0) is 13.8. The number of anilines is 1. The van der Waals surface area contributed by atoms with Crippen molar-refractivity contribution in [1.82, 2.24) is 0 Å². The molecule has 2 aromatic rings. The molecule has 0 radical (unpaired) electrons. The molecule has 2 N–H and O–H groups in total. The van der Waals surface area contributed by atoms with E-state index in [2.05, 4.69) is 6.07 Å². The van der Waals surface area contributed by atoms with Gasteiger partial charge in [-0.25, -0.2) is 0 Å². The van der Waals surface area contributed by atoms with Gasteiger partial charge in [-0.05, 0) is 24.3 Å². The molecule has 1 atom stereocenters. The van der Waals surface area contributed by atoms with Gasteiger partial charge in [-0.3, -0.25) is 0 Å². The fourth-order valence-corrected chi connectivity index (χ4v) is 3.23. The summed E-state index contributed by atoms with van der Waals surface area (Å²) in [4.78, 5) is 3.13. The van der Waals surface area contributed by atoms with E-state index in [4.69, 9.17) is 17.3 Å². The molecule has 5 heteroatoms. The van der Waals surface area contributed by atoms with Gasteiger partial charge in [0.2, 0.25) is 0 Å². The number of likely N-dealkylation sites (N-methyl/N-ethyl adjacent to an activating group) is 1. The molecule has 0 amide bonds. The predicted molar refractivity (Wildman–Crippen MR) is 80.7 cm³/mol. The van der Waals surface area contributed by atoms with Gasteiger partial charge in [0.1, 0.15) is 6.07 Å². The van der Waals surface area contributed by atoms with E-state index >= 15 is 0 Å². The zero-order valence-corrected chi connectivity index (χ0v) is 12.1. The first kappa shape index (κ1) is 13.9. The van der Waals surface area contributed by atoms with Crippen molar-refractivity contribution in [2.24, 2.45) is 5.73 Å². The Bertz CT molecular complexity index is 603. The molecule has 1 aromatic heterocycles. The van der Waals surface area contributed by atoms with Crippen LogP contribution in [0.15, 0.2) is 36.4 Å². The molecule has 19 heavy (non-hydrogen) atoms. The molecule has 3 nitrogen and oxygen atoms in total. The summed E-state index contributed by atoms with van der Waals surface area (Å²) >= 11 is 7.50. The third-order valence-corrected chi connectivity index (χ3v) is 4.35. The van der Waals surface area contributed by atoms with Crippen molar-refractivity contribution < 1.29 is 0 Å². The Morgan fingerprint density at radius 3 is 2.68 bits per heavy atom. The maximum atomic E-state index is 9.17. The second kappa shape index (κ2) is 6.07. The number of halogens is 1. The lowest BCUT2D eigenvalue weighted by Crippen LogP contribution is -2.30. The van der Waals surface area contributed by atoms with Crippen LogP contribution < -0.4 is 10.6 Å². The van der Waals surface area contributed by atoms with Crippen LogP contribution in [0.1, 0.15) is 16.5 Å². The van der Waals surface area contributed by atoms with E-state index in [1.165, 1.54) is 11.3 Å². The molecule has 1 unspecified atom stereocenters. The van der Waals surface area contributed by atoms with E-state index in [1.807, 2.05) is 42.3 Å². The average molecular weight is 292 g/mol. The van der Waals surface area contributed by atoms with Gasteiger partial charge in [0.15, 0.2) is 0 Å². The Kier molecular flexibility index (Phi) is 4.43. The molecule has 1 aromatic carbocycles. The normalized spacial score (nSPS) is 11.9. The van der Waals surface area contributed by atoms with Crippen LogP contribution in [0.5, 0.6) is 0 Å². The summed E-state index contributed by atoms with van der Waals surface area (Å²) in [6.45, 7) is 0.465. The summed E-state index contributed by atoms with van der Waals surface area (Å²) in [5, 5.41) is 9.17. The molecule has 0 aliphatic carbocycles. The molecule has 0 bridgehead atoms. The highest BCUT2D eigenvalue weighted by Crippen LogP contribution is 2.33. The minimum Gasteiger partial charge on any atom is -0.364 e. The topological polar surface area (TPSA) is 53.0 Å². The van der Waals surface area contributed by atoms with Crippen molar-refractivity contribution in [2.75, 3.05) is 18.5 Å². The van der Waals surface area contributed by atoms with E-state index in [-0.39, 0.29) is 6.04 Å². The number of rotatable bonds is 4. The van der Waals surface area contributed by atoms with Crippen LogP contribution >= 0.6 is 22.9 Å². The number of nitrogens with zero attached hydrogens (tertiary/aromatic N) is 2. The highest BCUT2D eigenvalue weighted by Gasteiger charge is 2.19. The Balaban J connectivity index is 2.36. The minimum atomic E-state index is 0.0204. The maximum Gasteiger partial charge on any atom is 0.101 e. The van der Waals surface area contributed by atoms with Gasteiger partial charge in [-0.15, -0.1) is 11.3 Å². The molecule has 0 fully saturated rings. The molecule has 0 saturated heterocycles. The second-order valence-corrected chi connectivity index (χ2v) is 5.88. The van der Waals surface area contributed by atoms with Crippen molar-refractivity contribution >= 4 is 28.6 Å². The summed E-state index contributed by atoms with van der Waals surface area (Å²) in [5.74, 6) is 0. The lowest BCUT2D eigenvalue weighted by atomic mass is 10.1. The zero-order valence-electron chi connectivity index (χ0n) is 10.5. The number of para-hydroxylation sites is 1. The first-order chi connectivity index (χ1) is 9.17. The second-order valence-electron chi connectivity index (χ2n) is 4.13. The van der Waals surface area contributed by atoms with Crippen LogP contribution in [0.3, 0.4) is 0 Å². The van der Waals surface area contributed by atoms with Crippen molar-refractivity contribution in [3.63, 3.8) is 0 Å². The predicted octanol–water partition coefficient (Wildman–Crippen LogP) is 3.41. The molecular formula is C14H14ClN3S. The molecule has 1 heterocycles. The van der Waals surface area contributed by atoms with Crippen molar-refractivity contribution in [1.29, 1.82) is 5.26 Å². The van der Waals surface area contributed by atoms with E-state index in [1.54, 1.807) is 6.07 Å². The number of benzene rings is 1. The average Bonchev–Trinajstić information content (AvgIpc) is 2.86. The molecule has 0 spiro atoms. The molecule has 0 aliphatic heterocycles. The fraction of sp³-hybridized carbons (Fsp3) is 0.214. The third kappa shape index (κ3) is 2.90. The van der Waals surface area contributed by atoms with Crippen molar-refractivity contribution in [3.05, 3.63) is 51.2 Å². The summed E-state index contributed by atoms with van der Waals surface area (Å²) < 4.78 is 0.746. The highest BCUT2D eigenvalue weighted by atomic mass is 35.5. The van der Waals surface area contributed by atoms with Gasteiger partial charge in [0.25, 0.3) is 0 Å². The van der Waals surface area contributed by atoms with Crippen LogP contribution in [0.4, 0.5) is 5.69 Å². The molecular weight excluding hydrogens is 278 g/mol. The van der Waals surface area contributed by atoms with E-state index in [0.717, 1.165) is 14.9 Å². The van der Waals surface area contributed by atoms with Crippen LogP contribution in [0, 0.1) is 11.3 Å². The van der Waals surface area contributed by atoms with Crippen LogP contribution in [0.2, 0.25) is 4.34 Å². The van der Waals surface area contributed by atoms with Gasteiger partial charge in [-0.1, -0.05) is 23.7 Å². The van der Waals surface area contributed by atoms with Gasteiger partial charge < -0.3 is 10.6 Å². The van der Waals surface area contributed by atoms with Gasteiger partial charge in [0, 0.05) is 18.5 Å². The Labute approximate surface area is 121 Å². The molecule has 0 aliphatic rings. The monoisotopic (exact) mass is 291 g/mol. The van der Waals surface area contributed by atoms with Crippen LogP contribution in [-0.4, -0.2) is 13.6 Å². The lowest BCUT2D eigenvalue weighted by molar-refractivity contribution is 0.692. The van der Waals surface area contributed by atoms with Gasteiger partial charge in [0.05, 0.1) is 21.6 Å². The number of thiophene rings is 1. The van der Waals surface area contributed by atoms with E-state index in [9.17, 15) is 5.26 Å². The first-order valence-corrected chi connectivity index (χ1v) is 7.04. The Hall–Kier alpha value is -1.54. The fourth-order valence-electron chi connectivity index (χ4n) is 2.02. The van der Waals surface area contributed by atoms with Crippen molar-refractivity contribution in [2.45, 2.75) is 6.04 Å². The number of nitrogens with two attached hydrogens (primary N) is 1. The lowest BCUT2D eigenvalue weighted by Gasteiger charge is -2.29. The van der Waals surface area contributed by atoms with Crippen molar-refractivity contribution in [3.8, 4) is 6.07 Å². The smallest absolute Gasteiger partial charge is 0.101 e. The minimum absolute atomic E-state index is 0.0204. The van der Waals surface area contributed by atoms with Crippen LogP contribution in [-0.2, 0) is 0 Å². The standard InChI is InChI=1S/C14H14ClN3S/c1-18(11-5-3-2-4-10(11)8-16)12(9-17)13-6-7-14(15)19-13/h2-7,12H,9,17H2,1H3. The summed E-state index contributed by atoms with van der Waals surface area (Å²) in [7, 11) is 1.95. The largest absolute Gasteiger partial charge is 0.364 e. The first-order valence-electron chi connectivity index (χ1n) is 5.84. The summed E-state index contributed by atoms with van der Waals surface area (Å²) in [6.07, 6.45) is 0. The molecule has 2 rings (SSSR count). The number of hydrogen-bond donors (Lipinski definition) is 1. The SMILES string of the molecule is CN(c1ccccc1C#N)C(CN)c1ccc(Cl)s1. The number of hydrogen-bond acceptors (Lipinski definition) is 4. The quantitative estimate of drug-likeness (QED) is 0.939. The van der Waals surface area contributed by atoms with E-state index in [0.29, 0.717) is 12.1 Å². The summed E-state index contributed by atoms with van der Waals surface area (Å²) in [6, 6.07) is 13.6. The Morgan fingerprint density at radius 1 is 1.37 bits per heavy atom. The molecule has 98 valence electrons. The van der Waals surface area contributed by atoms with E-state index < -0.39 is 0 Å². The number of nitriles is 1. The third-order valence-electron chi connectivity index (χ3n) is 3.02.